The summed E-state index contributed by atoms with van der Waals surface area (Å²) in [5.74, 6) is 0.822. The van der Waals surface area contributed by atoms with Gasteiger partial charge < -0.3 is 4.74 Å². The van der Waals surface area contributed by atoms with Crippen LogP contribution in [0.15, 0.2) is 30.3 Å². The van der Waals surface area contributed by atoms with Gasteiger partial charge in [-0.2, -0.15) is 5.26 Å². The number of hydrogen-bond donors (Lipinski definition) is 1. The number of rotatable bonds is 3. The van der Waals surface area contributed by atoms with Crippen LogP contribution < -0.4 is 10.2 Å². The van der Waals surface area contributed by atoms with Gasteiger partial charge in [0, 0.05) is 5.56 Å². The van der Waals surface area contributed by atoms with Crippen LogP contribution in [0.4, 0.5) is 0 Å². The van der Waals surface area contributed by atoms with Crippen molar-refractivity contribution >= 4 is 5.70 Å². The van der Waals surface area contributed by atoms with E-state index in [2.05, 4.69) is 5.48 Å². The van der Waals surface area contributed by atoms with Gasteiger partial charge in [0.1, 0.15) is 12.4 Å². The number of fused-ring (bicyclic) bond motifs is 1. The minimum atomic E-state index is 0.0143. The van der Waals surface area contributed by atoms with Crippen molar-refractivity contribution in [2.24, 2.45) is 0 Å². The Balaban J connectivity index is 2.13. The van der Waals surface area contributed by atoms with E-state index >= 15 is 0 Å². The lowest BCUT2D eigenvalue weighted by atomic mass is 10.1. The average molecular weight is 202 g/mol. The third-order valence-corrected chi connectivity index (χ3v) is 2.02. The largest absolute Gasteiger partial charge is 0.489 e. The summed E-state index contributed by atoms with van der Waals surface area (Å²) in [6.07, 6.45) is 1.87. The SMILES string of the molecule is N#CCONC1=CCOc2ccccc21. The van der Waals surface area contributed by atoms with E-state index in [1.54, 1.807) is 0 Å². The highest BCUT2D eigenvalue weighted by molar-refractivity contribution is 5.70. The maximum absolute atomic E-state index is 8.33. The number of hydrogen-bond acceptors (Lipinski definition) is 4. The fraction of sp³-hybridized carbons (Fsp3) is 0.182. The molecule has 0 spiro atoms. The van der Waals surface area contributed by atoms with Gasteiger partial charge in [-0.1, -0.05) is 12.1 Å². The minimum Gasteiger partial charge on any atom is -0.489 e. The molecule has 0 amide bonds. The second-order valence-electron chi connectivity index (χ2n) is 2.97. The van der Waals surface area contributed by atoms with Gasteiger partial charge in [0.05, 0.1) is 11.8 Å². The van der Waals surface area contributed by atoms with E-state index in [0.29, 0.717) is 6.61 Å². The van der Waals surface area contributed by atoms with Crippen molar-refractivity contribution in [3.63, 3.8) is 0 Å². The Morgan fingerprint density at radius 3 is 3.20 bits per heavy atom. The van der Waals surface area contributed by atoms with E-state index in [9.17, 15) is 0 Å². The van der Waals surface area contributed by atoms with Gasteiger partial charge in [0.25, 0.3) is 0 Å². The Morgan fingerprint density at radius 2 is 2.33 bits per heavy atom. The minimum absolute atomic E-state index is 0.0143. The zero-order chi connectivity index (χ0) is 10.5. The third-order valence-electron chi connectivity index (χ3n) is 2.02. The van der Waals surface area contributed by atoms with Gasteiger partial charge in [-0.25, -0.2) is 0 Å². The first-order chi connectivity index (χ1) is 7.42. The van der Waals surface area contributed by atoms with E-state index in [1.807, 2.05) is 36.4 Å². The molecule has 0 atom stereocenters. The van der Waals surface area contributed by atoms with Gasteiger partial charge in [0.15, 0.2) is 6.61 Å². The van der Waals surface area contributed by atoms with Gasteiger partial charge >= 0.3 is 0 Å². The lowest BCUT2D eigenvalue weighted by Gasteiger charge is -2.18. The van der Waals surface area contributed by atoms with Crippen molar-refractivity contribution in [3.05, 3.63) is 35.9 Å². The maximum Gasteiger partial charge on any atom is 0.161 e. The highest BCUT2D eigenvalue weighted by Crippen LogP contribution is 2.27. The number of nitriles is 1. The van der Waals surface area contributed by atoms with E-state index in [-0.39, 0.29) is 6.61 Å². The summed E-state index contributed by atoms with van der Waals surface area (Å²) in [7, 11) is 0. The quantitative estimate of drug-likeness (QED) is 0.595. The average Bonchev–Trinajstić information content (AvgIpc) is 2.30. The predicted octanol–water partition coefficient (Wildman–Crippen LogP) is 1.46. The highest BCUT2D eigenvalue weighted by Gasteiger charge is 2.12. The molecule has 15 heavy (non-hydrogen) atoms. The van der Waals surface area contributed by atoms with Crippen LogP contribution in [0, 0.1) is 11.3 Å². The molecule has 76 valence electrons. The molecule has 0 unspecified atom stereocenters. The van der Waals surface area contributed by atoms with Crippen LogP contribution in [0.1, 0.15) is 5.56 Å². The van der Waals surface area contributed by atoms with Gasteiger partial charge in [-0.3, -0.25) is 10.3 Å². The Bertz CT molecular complexity index is 421. The van der Waals surface area contributed by atoms with E-state index in [4.69, 9.17) is 14.8 Å². The van der Waals surface area contributed by atoms with Crippen LogP contribution >= 0.6 is 0 Å². The van der Waals surface area contributed by atoms with Crippen LogP contribution in [0.2, 0.25) is 0 Å². The Morgan fingerprint density at radius 1 is 1.47 bits per heavy atom. The Labute approximate surface area is 87.7 Å². The molecule has 0 fully saturated rings. The highest BCUT2D eigenvalue weighted by atomic mass is 16.6. The normalized spacial score (nSPS) is 13.1. The van der Waals surface area contributed by atoms with Crippen LogP contribution in [0.25, 0.3) is 5.70 Å². The van der Waals surface area contributed by atoms with Crippen LogP contribution in [0.5, 0.6) is 5.75 Å². The monoisotopic (exact) mass is 202 g/mol. The first-order valence-corrected chi connectivity index (χ1v) is 4.59. The van der Waals surface area contributed by atoms with Crippen LogP contribution in [-0.4, -0.2) is 13.2 Å². The Kier molecular flexibility index (Phi) is 2.86. The van der Waals surface area contributed by atoms with E-state index in [1.165, 1.54) is 0 Å². The van der Waals surface area contributed by atoms with Gasteiger partial charge in [0.2, 0.25) is 0 Å². The van der Waals surface area contributed by atoms with Crippen molar-refractivity contribution in [1.82, 2.24) is 5.48 Å². The summed E-state index contributed by atoms with van der Waals surface area (Å²) in [6.45, 7) is 0.523. The number of para-hydroxylation sites is 1. The molecule has 1 aliphatic heterocycles. The van der Waals surface area contributed by atoms with Crippen molar-refractivity contribution < 1.29 is 9.57 Å². The molecule has 2 rings (SSSR count). The molecule has 0 radical (unpaired) electrons. The fourth-order valence-electron chi connectivity index (χ4n) is 1.38. The molecule has 1 aromatic carbocycles. The molecule has 0 aliphatic carbocycles. The summed E-state index contributed by atoms with van der Waals surface area (Å²) >= 11 is 0. The molecule has 1 heterocycles. The topological polar surface area (TPSA) is 54.3 Å². The Hall–Kier alpha value is -1.99. The second-order valence-corrected chi connectivity index (χ2v) is 2.97. The van der Waals surface area contributed by atoms with E-state index < -0.39 is 0 Å². The van der Waals surface area contributed by atoms with Crippen molar-refractivity contribution in [2.75, 3.05) is 13.2 Å². The summed E-state index contributed by atoms with van der Waals surface area (Å²) in [6, 6.07) is 9.56. The first kappa shape index (κ1) is 9.56. The summed E-state index contributed by atoms with van der Waals surface area (Å²) in [5.41, 5.74) is 4.52. The number of ether oxygens (including phenoxy) is 1. The smallest absolute Gasteiger partial charge is 0.161 e. The summed E-state index contributed by atoms with van der Waals surface area (Å²) in [4.78, 5) is 4.94. The fourth-order valence-corrected chi connectivity index (χ4v) is 1.38. The van der Waals surface area contributed by atoms with Gasteiger partial charge in [-0.05, 0) is 18.2 Å². The standard InChI is InChI=1S/C11H10N2O2/c12-6-8-15-13-10-5-7-14-11-4-2-1-3-9(10)11/h1-5,13H,7-8H2. The number of nitrogens with zero attached hydrogens (tertiary/aromatic N) is 1. The van der Waals surface area contributed by atoms with Crippen LogP contribution in [0.3, 0.4) is 0 Å². The molecule has 1 aromatic rings. The van der Waals surface area contributed by atoms with E-state index in [0.717, 1.165) is 17.0 Å². The van der Waals surface area contributed by atoms with Crippen molar-refractivity contribution in [2.45, 2.75) is 0 Å². The molecular weight excluding hydrogens is 192 g/mol. The first-order valence-electron chi connectivity index (χ1n) is 4.59. The number of benzene rings is 1. The molecule has 1 N–H and O–H groups in total. The molecule has 4 nitrogen and oxygen atoms in total. The summed E-state index contributed by atoms with van der Waals surface area (Å²) < 4.78 is 5.42. The maximum atomic E-state index is 8.33. The molecule has 1 aliphatic rings. The zero-order valence-corrected chi connectivity index (χ0v) is 8.06. The lowest BCUT2D eigenvalue weighted by molar-refractivity contribution is 0.105. The number of nitrogens with one attached hydrogen (secondary N) is 1. The number of hydroxylamine groups is 1. The molecule has 0 bridgehead atoms. The van der Waals surface area contributed by atoms with Crippen molar-refractivity contribution in [3.8, 4) is 11.8 Å². The predicted molar refractivity (Wildman–Crippen MR) is 54.6 cm³/mol. The molecule has 0 saturated carbocycles. The molecular formula is C11H10N2O2. The van der Waals surface area contributed by atoms with Crippen molar-refractivity contribution in [1.29, 1.82) is 5.26 Å². The molecule has 0 aromatic heterocycles. The lowest BCUT2D eigenvalue weighted by Crippen LogP contribution is -2.17. The summed E-state index contributed by atoms with van der Waals surface area (Å²) in [5, 5.41) is 8.33. The molecule has 0 saturated heterocycles. The molecule has 4 heteroatoms. The second kappa shape index (κ2) is 4.49. The van der Waals surface area contributed by atoms with Gasteiger partial charge in [-0.15, -0.1) is 0 Å². The third kappa shape index (κ3) is 2.09. The van der Waals surface area contributed by atoms with Crippen LogP contribution in [-0.2, 0) is 4.84 Å². The zero-order valence-electron chi connectivity index (χ0n) is 8.06.